The van der Waals surface area contributed by atoms with Crippen LogP contribution in [0.2, 0.25) is 0 Å². The highest BCUT2D eigenvalue weighted by Crippen LogP contribution is 2.48. The third-order valence-electron chi connectivity index (χ3n) is 6.38. The average molecular weight is 377 g/mol. The molecule has 2 fully saturated rings. The number of hydrogen-bond acceptors (Lipinski definition) is 4. The molecule has 0 spiro atoms. The van der Waals surface area contributed by atoms with E-state index in [4.69, 9.17) is 0 Å². The predicted octanol–water partition coefficient (Wildman–Crippen LogP) is 1.95. The Bertz CT molecular complexity index is 689. The van der Waals surface area contributed by atoms with Gasteiger partial charge in [-0.25, -0.2) is 0 Å². The van der Waals surface area contributed by atoms with Crippen molar-refractivity contribution in [3.05, 3.63) is 18.0 Å². The van der Waals surface area contributed by atoms with Crippen LogP contribution in [0, 0.1) is 5.41 Å². The summed E-state index contributed by atoms with van der Waals surface area (Å²) in [6, 6.07) is 1.67. The van der Waals surface area contributed by atoms with Crippen LogP contribution in [0.15, 0.2) is 12.3 Å². The summed E-state index contributed by atoms with van der Waals surface area (Å²) >= 11 is 0. The molecule has 1 aromatic rings. The lowest BCUT2D eigenvalue weighted by molar-refractivity contribution is -0.133. The molecule has 27 heavy (non-hydrogen) atoms. The normalized spacial score (nSPS) is 30.7. The first kappa shape index (κ1) is 19.9. The van der Waals surface area contributed by atoms with E-state index in [2.05, 4.69) is 17.3 Å². The van der Waals surface area contributed by atoms with E-state index in [-0.39, 0.29) is 29.3 Å². The van der Waals surface area contributed by atoms with Crippen LogP contribution in [0.25, 0.3) is 0 Å². The predicted molar refractivity (Wildman–Crippen MR) is 102 cm³/mol. The molecule has 1 aliphatic carbocycles. The van der Waals surface area contributed by atoms with Gasteiger partial charge in [0.1, 0.15) is 5.69 Å². The van der Waals surface area contributed by atoms with E-state index in [1.165, 1.54) is 0 Å². The van der Waals surface area contributed by atoms with Gasteiger partial charge in [0, 0.05) is 37.7 Å². The van der Waals surface area contributed by atoms with Crippen molar-refractivity contribution in [2.75, 3.05) is 6.54 Å². The summed E-state index contributed by atoms with van der Waals surface area (Å²) in [4.78, 5) is 26.9. The molecule has 0 unspecified atom stereocenters. The summed E-state index contributed by atoms with van der Waals surface area (Å²) in [5, 5.41) is 17.9. The molecule has 150 valence electrons. The van der Waals surface area contributed by atoms with Crippen LogP contribution in [-0.4, -0.2) is 56.3 Å². The maximum atomic E-state index is 12.6. The van der Waals surface area contributed by atoms with Crippen molar-refractivity contribution in [3.8, 4) is 0 Å². The summed E-state index contributed by atoms with van der Waals surface area (Å²) in [7, 11) is 0. The molecule has 1 saturated heterocycles. The molecule has 2 N–H and O–H groups in total. The van der Waals surface area contributed by atoms with E-state index in [9.17, 15) is 14.7 Å². The topological polar surface area (TPSA) is 87.5 Å². The number of aliphatic hydroxyl groups excluding tert-OH is 1. The highest BCUT2D eigenvalue weighted by atomic mass is 16.3. The molecule has 4 atom stereocenters. The van der Waals surface area contributed by atoms with Crippen LogP contribution in [0.4, 0.5) is 0 Å². The lowest BCUT2D eigenvalue weighted by Crippen LogP contribution is -2.48. The largest absolute Gasteiger partial charge is 0.392 e. The van der Waals surface area contributed by atoms with Gasteiger partial charge in [-0.3, -0.25) is 14.3 Å². The number of amides is 2. The molecular weight excluding hydrogens is 344 g/mol. The quantitative estimate of drug-likeness (QED) is 0.822. The van der Waals surface area contributed by atoms with Gasteiger partial charge in [0.2, 0.25) is 5.91 Å². The molecule has 3 rings (SSSR count). The average Bonchev–Trinajstić information content (AvgIpc) is 3.16. The molecule has 7 nitrogen and oxygen atoms in total. The van der Waals surface area contributed by atoms with Gasteiger partial charge in [-0.1, -0.05) is 26.7 Å². The number of hydrogen-bond donors (Lipinski definition) is 2. The Kier molecular flexibility index (Phi) is 5.89. The number of fused-ring (bicyclic) bond motifs is 1. The molecular formula is C20H32N4O3. The molecule has 2 aliphatic rings. The van der Waals surface area contributed by atoms with Gasteiger partial charge in [-0.2, -0.15) is 5.10 Å². The zero-order chi connectivity index (χ0) is 19.6. The Labute approximate surface area is 161 Å². The zero-order valence-corrected chi connectivity index (χ0v) is 16.6. The maximum absolute atomic E-state index is 12.6. The van der Waals surface area contributed by atoms with Crippen LogP contribution in [0.5, 0.6) is 0 Å². The number of nitrogens with zero attached hydrogens (tertiary/aromatic N) is 3. The van der Waals surface area contributed by atoms with Crippen molar-refractivity contribution >= 4 is 11.8 Å². The fraction of sp³-hybridized carbons (Fsp3) is 0.750. The van der Waals surface area contributed by atoms with Gasteiger partial charge in [0.05, 0.1) is 12.1 Å². The third kappa shape index (κ3) is 3.74. The van der Waals surface area contributed by atoms with Crippen molar-refractivity contribution in [2.45, 2.75) is 84.0 Å². The second kappa shape index (κ2) is 8.00. The number of likely N-dealkylation sites (tertiary alicyclic amines) is 1. The number of nitrogens with one attached hydrogen (secondary N) is 1. The summed E-state index contributed by atoms with van der Waals surface area (Å²) in [6.07, 6.45) is 6.58. The number of aliphatic hydroxyl groups is 1. The smallest absolute Gasteiger partial charge is 0.269 e. The van der Waals surface area contributed by atoms with Crippen molar-refractivity contribution < 1.29 is 14.7 Å². The molecule has 7 heteroatoms. The zero-order valence-electron chi connectivity index (χ0n) is 16.6. The van der Waals surface area contributed by atoms with Crippen molar-refractivity contribution in [3.63, 3.8) is 0 Å². The Balaban J connectivity index is 1.73. The van der Waals surface area contributed by atoms with E-state index in [1.54, 1.807) is 23.9 Å². The van der Waals surface area contributed by atoms with E-state index in [1.807, 2.05) is 11.8 Å². The standard InChI is InChI=1S/C20H32N4O3/c1-4-11-23-16(9-10-22-23)19(27)21-13-15-12-20(3)17(24(15)14(2)25)7-5-6-8-18(20)26/h9-10,15,17-18,26H,4-8,11-13H2,1-3H3,(H,21,27)/t15-,17-,18+,20-/m1/s1. The van der Waals surface area contributed by atoms with Gasteiger partial charge >= 0.3 is 0 Å². The number of rotatable bonds is 5. The van der Waals surface area contributed by atoms with Crippen molar-refractivity contribution in [1.29, 1.82) is 0 Å². The molecule has 1 aromatic heterocycles. The fourth-order valence-electron chi connectivity index (χ4n) is 5.01. The van der Waals surface area contributed by atoms with E-state index in [0.29, 0.717) is 25.2 Å². The third-order valence-corrected chi connectivity index (χ3v) is 6.38. The minimum absolute atomic E-state index is 0.0214. The molecule has 1 saturated carbocycles. The van der Waals surface area contributed by atoms with E-state index < -0.39 is 6.10 Å². The lowest BCUT2D eigenvalue weighted by Gasteiger charge is -2.37. The molecule has 0 bridgehead atoms. The first-order chi connectivity index (χ1) is 12.9. The second-order valence-electron chi connectivity index (χ2n) is 8.26. The van der Waals surface area contributed by atoms with Gasteiger partial charge in [0.25, 0.3) is 5.91 Å². The number of aryl methyl sites for hydroxylation is 1. The summed E-state index contributed by atoms with van der Waals surface area (Å²) in [5.41, 5.74) is 0.242. The van der Waals surface area contributed by atoms with Gasteiger partial charge < -0.3 is 15.3 Å². The number of carbonyl (C=O) groups is 2. The minimum atomic E-state index is -0.404. The molecule has 2 heterocycles. The molecule has 1 aliphatic heterocycles. The van der Waals surface area contributed by atoms with Crippen molar-refractivity contribution in [2.24, 2.45) is 5.41 Å². The summed E-state index contributed by atoms with van der Waals surface area (Å²) < 4.78 is 1.71. The molecule has 2 amide bonds. The first-order valence-corrected chi connectivity index (χ1v) is 10.2. The van der Waals surface area contributed by atoms with Crippen LogP contribution in [0.1, 0.15) is 69.8 Å². The number of carbonyl (C=O) groups excluding carboxylic acids is 2. The maximum Gasteiger partial charge on any atom is 0.269 e. The fourth-order valence-corrected chi connectivity index (χ4v) is 5.01. The highest BCUT2D eigenvalue weighted by Gasteiger charge is 2.54. The second-order valence-corrected chi connectivity index (χ2v) is 8.26. The van der Waals surface area contributed by atoms with Gasteiger partial charge in [0.15, 0.2) is 0 Å². The molecule has 0 radical (unpaired) electrons. The first-order valence-electron chi connectivity index (χ1n) is 10.2. The van der Waals surface area contributed by atoms with Crippen LogP contribution in [-0.2, 0) is 11.3 Å². The Morgan fingerprint density at radius 2 is 2.11 bits per heavy atom. The van der Waals surface area contributed by atoms with Gasteiger partial charge in [-0.05, 0) is 31.7 Å². The van der Waals surface area contributed by atoms with Gasteiger partial charge in [-0.15, -0.1) is 0 Å². The Hall–Kier alpha value is -1.89. The summed E-state index contributed by atoms with van der Waals surface area (Å²) in [5.74, 6) is -0.143. The van der Waals surface area contributed by atoms with E-state index in [0.717, 1.165) is 32.1 Å². The van der Waals surface area contributed by atoms with Crippen LogP contribution in [0.3, 0.4) is 0 Å². The minimum Gasteiger partial charge on any atom is -0.392 e. The summed E-state index contributed by atoms with van der Waals surface area (Å²) in [6.45, 7) is 6.83. The van der Waals surface area contributed by atoms with Crippen LogP contribution < -0.4 is 5.32 Å². The van der Waals surface area contributed by atoms with E-state index >= 15 is 0 Å². The lowest BCUT2D eigenvalue weighted by atomic mass is 9.75. The highest BCUT2D eigenvalue weighted by molar-refractivity contribution is 5.92. The van der Waals surface area contributed by atoms with Crippen LogP contribution >= 0.6 is 0 Å². The Morgan fingerprint density at radius 3 is 2.81 bits per heavy atom. The monoisotopic (exact) mass is 376 g/mol. The van der Waals surface area contributed by atoms with Crippen molar-refractivity contribution in [1.82, 2.24) is 20.0 Å². The number of aromatic nitrogens is 2. The molecule has 0 aromatic carbocycles. The SMILES string of the molecule is CCCn1nccc1C(=O)NC[C@H]1C[C@@]2(C)[C@@H](O)CCCC[C@H]2N1C(C)=O. The Morgan fingerprint density at radius 1 is 1.37 bits per heavy atom.